The molecule has 0 fully saturated rings. The summed E-state index contributed by atoms with van der Waals surface area (Å²) in [6.07, 6.45) is 0. The smallest absolute Gasteiger partial charge is 0.248 e. The number of primary amides is 1. The summed E-state index contributed by atoms with van der Waals surface area (Å²) in [4.78, 5) is 12.5. The van der Waals surface area contributed by atoms with Crippen molar-refractivity contribution < 1.29 is 9.18 Å². The Labute approximate surface area is 87.7 Å². The van der Waals surface area contributed by atoms with Crippen LogP contribution in [0.15, 0.2) is 18.2 Å². The molecule has 0 heterocycles. The first-order valence-electron chi connectivity index (χ1n) is 4.57. The van der Waals surface area contributed by atoms with Crippen molar-refractivity contribution in [3.63, 3.8) is 0 Å². The lowest BCUT2D eigenvalue weighted by molar-refractivity contribution is 0.1000. The molecule has 0 aliphatic heterocycles. The predicted molar refractivity (Wildman–Crippen MR) is 57.2 cm³/mol. The van der Waals surface area contributed by atoms with E-state index in [-0.39, 0.29) is 5.56 Å². The highest BCUT2D eigenvalue weighted by Gasteiger charge is 2.09. The monoisotopic (exact) mass is 211 g/mol. The Morgan fingerprint density at radius 1 is 1.53 bits per heavy atom. The fourth-order valence-corrected chi connectivity index (χ4v) is 1.28. The molecule has 0 saturated carbocycles. The van der Waals surface area contributed by atoms with Gasteiger partial charge < -0.3 is 16.4 Å². The Balaban J connectivity index is 2.97. The summed E-state index contributed by atoms with van der Waals surface area (Å²) in [7, 11) is 1.73. The first kappa shape index (κ1) is 11.5. The van der Waals surface area contributed by atoms with Crippen molar-refractivity contribution >= 4 is 11.6 Å². The summed E-state index contributed by atoms with van der Waals surface area (Å²) in [5.74, 6) is -1.11. The summed E-state index contributed by atoms with van der Waals surface area (Å²) >= 11 is 0. The van der Waals surface area contributed by atoms with E-state index in [1.807, 2.05) is 0 Å². The second kappa shape index (κ2) is 4.75. The van der Waals surface area contributed by atoms with Crippen molar-refractivity contribution in [1.82, 2.24) is 0 Å². The van der Waals surface area contributed by atoms with Gasteiger partial charge in [0.05, 0.1) is 5.69 Å². The minimum absolute atomic E-state index is 0.164. The molecule has 0 spiro atoms. The Hall–Kier alpha value is -1.62. The number of likely N-dealkylation sites (N-methyl/N-ethyl adjacent to an activating group) is 1. The van der Waals surface area contributed by atoms with Crippen LogP contribution in [0.1, 0.15) is 10.4 Å². The molecule has 0 unspecified atom stereocenters. The van der Waals surface area contributed by atoms with E-state index in [0.29, 0.717) is 18.8 Å². The number of anilines is 1. The van der Waals surface area contributed by atoms with Gasteiger partial charge >= 0.3 is 0 Å². The molecule has 1 aromatic carbocycles. The molecule has 1 amide bonds. The highest BCUT2D eigenvalue weighted by atomic mass is 19.1. The number of rotatable bonds is 4. The Bertz CT molecular complexity index is 368. The summed E-state index contributed by atoms with van der Waals surface area (Å²) in [5, 5.41) is 0. The van der Waals surface area contributed by atoms with Gasteiger partial charge in [-0.1, -0.05) is 0 Å². The number of carbonyl (C=O) groups excluding carboxylic acids is 1. The first-order valence-corrected chi connectivity index (χ1v) is 4.57. The van der Waals surface area contributed by atoms with Crippen molar-refractivity contribution in [1.29, 1.82) is 0 Å². The average molecular weight is 211 g/mol. The zero-order valence-corrected chi connectivity index (χ0v) is 8.53. The van der Waals surface area contributed by atoms with Gasteiger partial charge in [-0.05, 0) is 18.2 Å². The fraction of sp³-hybridized carbons (Fsp3) is 0.300. The second-order valence-electron chi connectivity index (χ2n) is 3.24. The maximum atomic E-state index is 13.5. The number of hydrogen-bond donors (Lipinski definition) is 2. The highest BCUT2D eigenvalue weighted by molar-refractivity contribution is 5.93. The molecule has 0 radical (unpaired) electrons. The average Bonchev–Trinajstić information content (AvgIpc) is 2.17. The lowest BCUT2D eigenvalue weighted by Crippen LogP contribution is -2.26. The number of benzene rings is 1. The third-order valence-electron chi connectivity index (χ3n) is 2.11. The number of nitrogens with zero attached hydrogens (tertiary/aromatic N) is 1. The van der Waals surface area contributed by atoms with Crippen molar-refractivity contribution in [3.05, 3.63) is 29.6 Å². The SMILES string of the molecule is CN(CCN)c1ccc(C(N)=O)cc1F. The minimum Gasteiger partial charge on any atom is -0.371 e. The third-order valence-corrected chi connectivity index (χ3v) is 2.11. The van der Waals surface area contributed by atoms with Crippen molar-refractivity contribution in [2.24, 2.45) is 11.5 Å². The molecule has 0 aromatic heterocycles. The standard InChI is InChI=1S/C10H14FN3O/c1-14(5-4-12)9-3-2-7(10(13)15)6-8(9)11/h2-3,6H,4-5,12H2,1H3,(H2,13,15). The van der Waals surface area contributed by atoms with Crippen molar-refractivity contribution in [2.75, 3.05) is 25.0 Å². The van der Waals surface area contributed by atoms with Crippen molar-refractivity contribution in [2.45, 2.75) is 0 Å². The molecular formula is C10H14FN3O. The van der Waals surface area contributed by atoms with Crippen LogP contribution in [0.5, 0.6) is 0 Å². The van der Waals surface area contributed by atoms with E-state index >= 15 is 0 Å². The van der Waals surface area contributed by atoms with Crippen molar-refractivity contribution in [3.8, 4) is 0 Å². The Morgan fingerprint density at radius 2 is 2.20 bits per heavy atom. The molecule has 1 rings (SSSR count). The van der Waals surface area contributed by atoms with E-state index in [0.717, 1.165) is 6.07 Å². The topological polar surface area (TPSA) is 72.3 Å². The van der Waals surface area contributed by atoms with E-state index < -0.39 is 11.7 Å². The molecule has 5 heteroatoms. The quantitative estimate of drug-likeness (QED) is 0.753. The van der Waals surface area contributed by atoms with Crippen LogP contribution in [0.2, 0.25) is 0 Å². The molecule has 4 N–H and O–H groups in total. The maximum Gasteiger partial charge on any atom is 0.248 e. The minimum atomic E-state index is -0.637. The van der Waals surface area contributed by atoms with Crippen LogP contribution in [-0.2, 0) is 0 Å². The molecule has 82 valence electrons. The Morgan fingerprint density at radius 3 is 2.67 bits per heavy atom. The molecule has 15 heavy (non-hydrogen) atoms. The van der Waals surface area contributed by atoms with E-state index in [1.54, 1.807) is 11.9 Å². The summed E-state index contributed by atoms with van der Waals surface area (Å²) in [6.45, 7) is 0.986. The van der Waals surface area contributed by atoms with E-state index in [9.17, 15) is 9.18 Å². The lowest BCUT2D eigenvalue weighted by Gasteiger charge is -2.18. The molecule has 4 nitrogen and oxygen atoms in total. The largest absolute Gasteiger partial charge is 0.371 e. The van der Waals surface area contributed by atoms with Crippen LogP contribution >= 0.6 is 0 Å². The van der Waals surface area contributed by atoms with Gasteiger partial charge in [-0.15, -0.1) is 0 Å². The number of nitrogens with two attached hydrogens (primary N) is 2. The van der Waals surface area contributed by atoms with Crippen LogP contribution in [0, 0.1) is 5.82 Å². The number of amides is 1. The molecule has 0 atom stereocenters. The molecule has 0 saturated heterocycles. The van der Waals surface area contributed by atoms with Crippen LogP contribution in [0.25, 0.3) is 0 Å². The maximum absolute atomic E-state index is 13.5. The summed E-state index contributed by atoms with van der Waals surface area (Å²) in [5.41, 5.74) is 11.0. The highest BCUT2D eigenvalue weighted by Crippen LogP contribution is 2.18. The number of carbonyl (C=O) groups is 1. The normalized spacial score (nSPS) is 10.1. The molecule has 0 aliphatic carbocycles. The number of hydrogen-bond acceptors (Lipinski definition) is 3. The van der Waals surface area contributed by atoms with Crippen LogP contribution < -0.4 is 16.4 Å². The van der Waals surface area contributed by atoms with E-state index in [4.69, 9.17) is 11.5 Å². The van der Waals surface area contributed by atoms with Gasteiger partial charge in [0.2, 0.25) is 5.91 Å². The van der Waals surface area contributed by atoms with E-state index in [2.05, 4.69) is 0 Å². The number of halogens is 1. The van der Waals surface area contributed by atoms with Gasteiger partial charge in [-0.25, -0.2) is 4.39 Å². The Kier molecular flexibility index (Phi) is 3.62. The molecule has 0 aliphatic rings. The molecule has 1 aromatic rings. The fourth-order valence-electron chi connectivity index (χ4n) is 1.28. The first-order chi connectivity index (χ1) is 7.06. The van der Waals surface area contributed by atoms with Crippen LogP contribution in [0.4, 0.5) is 10.1 Å². The van der Waals surface area contributed by atoms with Gasteiger partial charge in [-0.2, -0.15) is 0 Å². The molecular weight excluding hydrogens is 197 g/mol. The second-order valence-corrected chi connectivity index (χ2v) is 3.24. The van der Waals surface area contributed by atoms with Crippen LogP contribution in [0.3, 0.4) is 0 Å². The lowest BCUT2D eigenvalue weighted by atomic mass is 10.2. The van der Waals surface area contributed by atoms with Gasteiger partial charge in [0.25, 0.3) is 0 Å². The van der Waals surface area contributed by atoms with Gasteiger partial charge in [0, 0.05) is 25.7 Å². The van der Waals surface area contributed by atoms with Crippen LogP contribution in [-0.4, -0.2) is 26.0 Å². The predicted octanol–water partition coefficient (Wildman–Crippen LogP) is 0.319. The summed E-state index contributed by atoms with van der Waals surface area (Å²) < 4.78 is 13.5. The molecule has 0 bridgehead atoms. The zero-order valence-electron chi connectivity index (χ0n) is 8.53. The van der Waals surface area contributed by atoms with E-state index in [1.165, 1.54) is 12.1 Å². The third kappa shape index (κ3) is 2.66. The van der Waals surface area contributed by atoms with Gasteiger partial charge in [0.1, 0.15) is 5.82 Å². The zero-order chi connectivity index (χ0) is 11.4. The van der Waals surface area contributed by atoms with Gasteiger partial charge in [0.15, 0.2) is 0 Å². The van der Waals surface area contributed by atoms with Gasteiger partial charge in [-0.3, -0.25) is 4.79 Å². The summed E-state index contributed by atoms with van der Waals surface area (Å²) in [6, 6.07) is 4.14.